The molecule has 1 aliphatic heterocycles. The van der Waals surface area contributed by atoms with Crippen molar-refractivity contribution in [3.8, 4) is 17.2 Å². The lowest BCUT2D eigenvalue weighted by Crippen LogP contribution is -2.44. The van der Waals surface area contributed by atoms with Crippen LogP contribution in [0.3, 0.4) is 0 Å². The molecule has 1 heterocycles. The van der Waals surface area contributed by atoms with Crippen molar-refractivity contribution in [3.63, 3.8) is 0 Å². The van der Waals surface area contributed by atoms with Crippen LogP contribution in [0.4, 0.5) is 4.79 Å². The minimum absolute atomic E-state index is 0.0208. The molecule has 4 atom stereocenters. The molecule has 39 heavy (non-hydrogen) atoms. The predicted molar refractivity (Wildman–Crippen MR) is 138 cm³/mol. The molecule has 12 nitrogen and oxygen atoms in total. The summed E-state index contributed by atoms with van der Waals surface area (Å²) in [5.41, 5.74) is -0.113. The van der Waals surface area contributed by atoms with Crippen molar-refractivity contribution < 1.29 is 52.3 Å². The van der Waals surface area contributed by atoms with Gasteiger partial charge in [0.2, 0.25) is 6.29 Å². The first kappa shape index (κ1) is 29.9. The van der Waals surface area contributed by atoms with Gasteiger partial charge in [0.15, 0.2) is 17.6 Å². The van der Waals surface area contributed by atoms with Crippen LogP contribution in [0.25, 0.3) is 0 Å². The highest BCUT2D eigenvalue weighted by Gasteiger charge is 2.34. The summed E-state index contributed by atoms with van der Waals surface area (Å²) in [6, 6.07) is 12.0. The number of aliphatic carboxylic acids is 2. The quantitative estimate of drug-likeness (QED) is 0.293. The van der Waals surface area contributed by atoms with Crippen molar-refractivity contribution in [3.05, 3.63) is 54.1 Å². The average Bonchev–Trinajstić information content (AvgIpc) is 2.84. The van der Waals surface area contributed by atoms with Gasteiger partial charge < -0.3 is 43.2 Å². The third kappa shape index (κ3) is 9.85. The largest absolute Gasteiger partial charge is 0.480 e. The van der Waals surface area contributed by atoms with E-state index in [2.05, 4.69) is 5.32 Å². The zero-order chi connectivity index (χ0) is 28.6. The van der Waals surface area contributed by atoms with Gasteiger partial charge in [-0.2, -0.15) is 0 Å². The monoisotopic (exact) mass is 565 g/mol. The molecule has 1 amide bonds. The number of carbonyl (C=O) groups is 3. The first-order valence-electron chi connectivity index (χ1n) is 12.0. The highest BCUT2D eigenvalue weighted by atomic mass is 32.2. The van der Waals surface area contributed by atoms with Crippen molar-refractivity contribution >= 4 is 30.4 Å². The van der Waals surface area contributed by atoms with Crippen LogP contribution in [0.5, 0.6) is 17.2 Å². The van der Waals surface area contributed by atoms with Crippen LogP contribution in [-0.2, 0) is 25.5 Å². The zero-order valence-corrected chi connectivity index (χ0v) is 22.4. The predicted octanol–water partition coefficient (Wildman–Crippen LogP) is 3.56. The van der Waals surface area contributed by atoms with E-state index in [-0.39, 0.29) is 30.8 Å². The minimum Gasteiger partial charge on any atom is -0.480 e. The van der Waals surface area contributed by atoms with Gasteiger partial charge in [0, 0.05) is 19.3 Å². The number of nitrogens with one attached hydrogen (secondary N) is 1. The number of benzene rings is 2. The number of hydrogen-bond donors (Lipinski definition) is 4. The van der Waals surface area contributed by atoms with Crippen molar-refractivity contribution in [2.45, 2.75) is 70.2 Å². The SMILES string of the molecule is CC(C)(C)OC(=O)NC(Cc1ccc(OSOc2ccccc2OC2CC(O)CC(C(=O)O)O2)cc1)C(=O)O. The van der Waals surface area contributed by atoms with Gasteiger partial charge in [0.1, 0.15) is 17.4 Å². The Morgan fingerprint density at radius 2 is 1.69 bits per heavy atom. The molecule has 212 valence electrons. The van der Waals surface area contributed by atoms with E-state index >= 15 is 0 Å². The summed E-state index contributed by atoms with van der Waals surface area (Å²) in [4.78, 5) is 34.8. The van der Waals surface area contributed by atoms with Crippen LogP contribution in [0.15, 0.2) is 48.5 Å². The molecule has 0 aromatic heterocycles. The molecule has 4 N–H and O–H groups in total. The van der Waals surface area contributed by atoms with Crippen LogP contribution >= 0.6 is 12.3 Å². The topological polar surface area (TPSA) is 170 Å². The Hall–Kier alpha value is -3.68. The summed E-state index contributed by atoms with van der Waals surface area (Å²) in [7, 11) is 0. The highest BCUT2D eigenvalue weighted by molar-refractivity contribution is 7.90. The Bertz CT molecular complexity index is 1140. The summed E-state index contributed by atoms with van der Waals surface area (Å²) < 4.78 is 27.4. The maximum atomic E-state index is 12.0. The molecule has 13 heteroatoms. The Morgan fingerprint density at radius 3 is 2.31 bits per heavy atom. The van der Waals surface area contributed by atoms with Crippen LogP contribution < -0.4 is 18.4 Å². The van der Waals surface area contributed by atoms with Gasteiger partial charge >= 0.3 is 18.0 Å². The normalized spacial score (nSPS) is 19.8. The van der Waals surface area contributed by atoms with Crippen molar-refractivity contribution in [1.29, 1.82) is 0 Å². The summed E-state index contributed by atoms with van der Waals surface area (Å²) in [6.45, 7) is 5.05. The maximum absolute atomic E-state index is 12.0. The van der Waals surface area contributed by atoms with E-state index in [0.717, 1.165) is 0 Å². The highest BCUT2D eigenvalue weighted by Crippen LogP contribution is 2.33. The van der Waals surface area contributed by atoms with Gasteiger partial charge in [-0.25, -0.2) is 14.4 Å². The number of alkyl carbamates (subject to hydrolysis) is 1. The molecule has 0 bridgehead atoms. The van der Waals surface area contributed by atoms with Crippen molar-refractivity contribution in [1.82, 2.24) is 5.32 Å². The number of amides is 1. The Labute approximate surface area is 229 Å². The lowest BCUT2D eigenvalue weighted by Gasteiger charge is -2.31. The third-order valence-corrected chi connectivity index (χ3v) is 5.76. The Balaban J connectivity index is 1.53. The van der Waals surface area contributed by atoms with E-state index in [1.807, 2.05) is 0 Å². The standard InChI is InChI=1S/C26H31NO11S/c1-26(2,3)36-25(33)27-18(23(29)30)12-15-8-10-17(11-9-15)37-39-38-20-7-5-4-6-19(20)34-22-14-16(28)13-21(35-22)24(31)32/h4-11,16,18,21-22,28H,12-14H2,1-3H3,(H,27,33)(H,29,30)(H,31,32). The van der Waals surface area contributed by atoms with E-state index in [0.29, 0.717) is 23.6 Å². The molecule has 2 aromatic rings. The lowest BCUT2D eigenvalue weighted by atomic mass is 10.1. The van der Waals surface area contributed by atoms with Gasteiger partial charge in [-0.3, -0.25) is 0 Å². The van der Waals surface area contributed by atoms with E-state index in [1.54, 1.807) is 69.3 Å². The smallest absolute Gasteiger partial charge is 0.408 e. The third-order valence-electron chi connectivity index (χ3n) is 5.26. The molecule has 3 rings (SSSR count). The van der Waals surface area contributed by atoms with Crippen LogP contribution in [0, 0.1) is 0 Å². The summed E-state index contributed by atoms with van der Waals surface area (Å²) >= 11 is 0.648. The van der Waals surface area contributed by atoms with E-state index in [1.165, 1.54) is 0 Å². The molecule has 0 aliphatic carbocycles. The molecular formula is C26H31NO11S. The van der Waals surface area contributed by atoms with Crippen LogP contribution in [0.2, 0.25) is 0 Å². The van der Waals surface area contributed by atoms with Gasteiger partial charge in [-0.15, -0.1) is 0 Å². The van der Waals surface area contributed by atoms with E-state index in [9.17, 15) is 29.7 Å². The number of para-hydroxylation sites is 2. The number of ether oxygens (including phenoxy) is 3. The molecule has 4 unspecified atom stereocenters. The van der Waals surface area contributed by atoms with Crippen molar-refractivity contribution in [2.24, 2.45) is 0 Å². The molecule has 2 aromatic carbocycles. The van der Waals surface area contributed by atoms with Gasteiger partial charge in [0.05, 0.1) is 6.10 Å². The van der Waals surface area contributed by atoms with Gasteiger partial charge in [0.25, 0.3) is 12.3 Å². The van der Waals surface area contributed by atoms with Crippen molar-refractivity contribution in [2.75, 3.05) is 0 Å². The van der Waals surface area contributed by atoms with Gasteiger partial charge in [-0.1, -0.05) is 24.3 Å². The Kier molecular flexibility index (Phi) is 10.3. The van der Waals surface area contributed by atoms with Crippen LogP contribution in [0.1, 0.15) is 39.2 Å². The fourth-order valence-electron chi connectivity index (χ4n) is 3.51. The number of carboxylic acid groups (broad SMARTS) is 2. The maximum Gasteiger partial charge on any atom is 0.408 e. The minimum atomic E-state index is -1.20. The van der Waals surface area contributed by atoms with E-state index < -0.39 is 48.2 Å². The zero-order valence-electron chi connectivity index (χ0n) is 21.6. The molecule has 0 spiro atoms. The lowest BCUT2D eigenvalue weighted by molar-refractivity contribution is -0.195. The number of aliphatic hydroxyl groups excluding tert-OH is 1. The number of aliphatic hydroxyl groups is 1. The first-order chi connectivity index (χ1) is 18.4. The second-order valence-corrected chi connectivity index (χ2v) is 10.2. The second kappa shape index (κ2) is 13.4. The molecule has 1 fully saturated rings. The molecule has 0 radical (unpaired) electrons. The molecular weight excluding hydrogens is 534 g/mol. The Morgan fingerprint density at radius 1 is 1.03 bits per heavy atom. The first-order valence-corrected chi connectivity index (χ1v) is 12.7. The van der Waals surface area contributed by atoms with Crippen LogP contribution in [-0.4, -0.2) is 63.5 Å². The van der Waals surface area contributed by atoms with E-state index in [4.69, 9.17) is 22.6 Å². The number of carboxylic acids is 2. The fraction of sp³-hybridized carbons (Fsp3) is 0.423. The molecule has 1 aliphatic rings. The second-order valence-electron chi connectivity index (χ2n) is 9.70. The number of hydrogen-bond acceptors (Lipinski definition) is 10. The average molecular weight is 566 g/mol. The number of carbonyl (C=O) groups excluding carboxylic acids is 1. The molecule has 1 saturated heterocycles. The number of rotatable bonds is 11. The summed E-state index contributed by atoms with van der Waals surface area (Å²) in [5.74, 6) is -1.41. The summed E-state index contributed by atoms with van der Waals surface area (Å²) in [5, 5.41) is 31.0. The van der Waals surface area contributed by atoms with Gasteiger partial charge in [-0.05, 0) is 50.6 Å². The summed E-state index contributed by atoms with van der Waals surface area (Å²) in [6.07, 6.45) is -3.73. The molecule has 0 saturated carbocycles. The fourth-order valence-corrected chi connectivity index (χ4v) is 3.95.